The van der Waals surface area contributed by atoms with Gasteiger partial charge in [-0.1, -0.05) is 35.3 Å². The van der Waals surface area contributed by atoms with Crippen molar-refractivity contribution in [1.29, 1.82) is 0 Å². The highest BCUT2D eigenvalue weighted by Gasteiger charge is 2.23. The van der Waals surface area contributed by atoms with Crippen molar-refractivity contribution in [2.75, 3.05) is 18.0 Å². The van der Waals surface area contributed by atoms with Gasteiger partial charge in [-0.2, -0.15) is 5.10 Å². The average molecular weight is 340 g/mol. The van der Waals surface area contributed by atoms with Gasteiger partial charge in [0.2, 0.25) is 0 Å². The van der Waals surface area contributed by atoms with Gasteiger partial charge in [0.25, 0.3) is 5.56 Å². The molecule has 0 unspecified atom stereocenters. The number of para-hydroxylation sites is 1. The highest BCUT2D eigenvalue weighted by molar-refractivity contribution is 6.33. The number of H-pyrrole nitrogens is 1. The van der Waals surface area contributed by atoms with Crippen molar-refractivity contribution >= 4 is 28.9 Å². The van der Waals surface area contributed by atoms with Gasteiger partial charge in [-0.15, -0.1) is 0 Å². The molecular formula is C15H15Cl2N3O2. The Morgan fingerprint density at radius 2 is 1.95 bits per heavy atom. The number of halogens is 2. The van der Waals surface area contributed by atoms with Crippen LogP contribution in [0.4, 0.5) is 5.69 Å². The lowest BCUT2D eigenvalue weighted by Gasteiger charge is -2.33. The van der Waals surface area contributed by atoms with E-state index in [9.17, 15) is 4.79 Å². The van der Waals surface area contributed by atoms with Crippen LogP contribution in [0.25, 0.3) is 0 Å². The Bertz CT molecular complexity index is 712. The number of rotatable bonds is 3. The summed E-state index contributed by atoms with van der Waals surface area (Å²) in [6.45, 7) is 1.50. The molecule has 0 spiro atoms. The number of benzene rings is 1. The number of anilines is 1. The van der Waals surface area contributed by atoms with E-state index in [-0.39, 0.29) is 16.7 Å². The lowest BCUT2D eigenvalue weighted by atomic mass is 10.1. The maximum atomic E-state index is 11.5. The predicted octanol–water partition coefficient (Wildman–Crippen LogP) is 3.12. The molecule has 5 nitrogen and oxygen atoms in total. The molecule has 1 N–H and O–H groups in total. The smallest absolute Gasteiger partial charge is 0.285 e. The predicted molar refractivity (Wildman–Crippen MR) is 87.2 cm³/mol. The van der Waals surface area contributed by atoms with Gasteiger partial charge in [0.15, 0.2) is 0 Å². The number of nitrogens with zero attached hydrogens (tertiary/aromatic N) is 2. The van der Waals surface area contributed by atoms with E-state index in [1.54, 1.807) is 6.20 Å². The molecule has 0 atom stereocenters. The topological polar surface area (TPSA) is 58.2 Å². The largest absolute Gasteiger partial charge is 0.489 e. The van der Waals surface area contributed by atoms with Crippen LogP contribution in [0.5, 0.6) is 5.75 Å². The van der Waals surface area contributed by atoms with Crippen LogP contribution in [0.1, 0.15) is 12.8 Å². The molecule has 2 aromatic rings. The Morgan fingerprint density at radius 3 is 2.68 bits per heavy atom. The van der Waals surface area contributed by atoms with Gasteiger partial charge in [0, 0.05) is 25.9 Å². The molecule has 116 valence electrons. The Morgan fingerprint density at radius 1 is 1.23 bits per heavy atom. The molecule has 1 aliphatic heterocycles. The number of aromatic nitrogens is 2. The quantitative estimate of drug-likeness (QED) is 0.933. The van der Waals surface area contributed by atoms with Crippen LogP contribution in [0.3, 0.4) is 0 Å². The summed E-state index contributed by atoms with van der Waals surface area (Å²) >= 11 is 12.1. The van der Waals surface area contributed by atoms with Gasteiger partial charge in [0.1, 0.15) is 16.9 Å². The normalized spacial score (nSPS) is 15.8. The molecule has 2 heterocycles. The monoisotopic (exact) mass is 339 g/mol. The first-order valence-corrected chi connectivity index (χ1v) is 7.80. The molecule has 7 heteroatoms. The maximum absolute atomic E-state index is 11.5. The van der Waals surface area contributed by atoms with Crippen LogP contribution in [-0.4, -0.2) is 29.4 Å². The summed E-state index contributed by atoms with van der Waals surface area (Å²) in [6, 6.07) is 7.46. The zero-order valence-electron chi connectivity index (χ0n) is 11.8. The second kappa shape index (κ2) is 6.58. The molecule has 0 saturated carbocycles. The lowest BCUT2D eigenvalue weighted by Crippen LogP contribution is -2.39. The van der Waals surface area contributed by atoms with Gasteiger partial charge < -0.3 is 9.64 Å². The van der Waals surface area contributed by atoms with E-state index in [2.05, 4.69) is 15.1 Å². The van der Waals surface area contributed by atoms with Crippen molar-refractivity contribution in [3.63, 3.8) is 0 Å². The van der Waals surface area contributed by atoms with Crippen LogP contribution < -0.4 is 15.2 Å². The van der Waals surface area contributed by atoms with Crippen LogP contribution in [-0.2, 0) is 0 Å². The minimum atomic E-state index is -0.367. The van der Waals surface area contributed by atoms with Gasteiger partial charge in [0.05, 0.1) is 16.9 Å². The fourth-order valence-corrected chi connectivity index (χ4v) is 2.92. The van der Waals surface area contributed by atoms with Crippen LogP contribution in [0.2, 0.25) is 10.0 Å². The molecule has 1 fully saturated rings. The Kier molecular flexibility index (Phi) is 4.55. The number of ether oxygens (including phenoxy) is 1. The summed E-state index contributed by atoms with van der Waals surface area (Å²) < 4.78 is 5.95. The van der Waals surface area contributed by atoms with E-state index < -0.39 is 0 Å². The highest BCUT2D eigenvalue weighted by Crippen LogP contribution is 2.29. The van der Waals surface area contributed by atoms with E-state index in [0.717, 1.165) is 25.9 Å². The zero-order valence-corrected chi connectivity index (χ0v) is 13.3. The molecule has 0 radical (unpaired) electrons. The average Bonchev–Trinajstić information content (AvgIpc) is 2.53. The summed E-state index contributed by atoms with van der Waals surface area (Å²) in [5, 5.41) is 6.93. The summed E-state index contributed by atoms with van der Waals surface area (Å²) in [6.07, 6.45) is 3.34. The van der Waals surface area contributed by atoms with Crippen molar-refractivity contribution in [2.24, 2.45) is 0 Å². The van der Waals surface area contributed by atoms with Crippen molar-refractivity contribution in [1.82, 2.24) is 10.2 Å². The molecule has 0 bridgehead atoms. The number of aromatic amines is 1. The number of nitrogens with one attached hydrogen (secondary N) is 1. The zero-order chi connectivity index (χ0) is 15.5. The fourth-order valence-electron chi connectivity index (χ4n) is 2.53. The van der Waals surface area contributed by atoms with Crippen LogP contribution >= 0.6 is 23.2 Å². The molecule has 1 aromatic carbocycles. The van der Waals surface area contributed by atoms with Gasteiger partial charge >= 0.3 is 0 Å². The van der Waals surface area contributed by atoms with Crippen LogP contribution in [0.15, 0.2) is 35.3 Å². The maximum Gasteiger partial charge on any atom is 0.285 e. The number of hydrogen-bond acceptors (Lipinski definition) is 4. The molecule has 1 saturated heterocycles. The Balaban J connectivity index is 1.64. The van der Waals surface area contributed by atoms with E-state index in [1.165, 1.54) is 0 Å². The van der Waals surface area contributed by atoms with Crippen molar-refractivity contribution in [3.8, 4) is 5.75 Å². The highest BCUT2D eigenvalue weighted by atomic mass is 35.5. The fraction of sp³-hybridized carbons (Fsp3) is 0.333. The molecule has 1 aromatic heterocycles. The first-order chi connectivity index (χ1) is 10.6. The minimum Gasteiger partial charge on any atom is -0.489 e. The second-order valence-corrected chi connectivity index (χ2v) is 5.92. The number of hydrogen-bond donors (Lipinski definition) is 1. The van der Waals surface area contributed by atoms with E-state index in [0.29, 0.717) is 16.5 Å². The van der Waals surface area contributed by atoms with Crippen molar-refractivity contribution in [2.45, 2.75) is 18.9 Å². The van der Waals surface area contributed by atoms with E-state index >= 15 is 0 Å². The summed E-state index contributed by atoms with van der Waals surface area (Å²) in [7, 11) is 0. The Hall–Kier alpha value is -1.72. The SMILES string of the molecule is O=c1[nH]ncc(N2CCC(Oc3ccccc3Cl)CC2)c1Cl. The second-order valence-electron chi connectivity index (χ2n) is 5.13. The summed E-state index contributed by atoms with van der Waals surface area (Å²) in [4.78, 5) is 13.6. The third-order valence-corrected chi connectivity index (χ3v) is 4.37. The third kappa shape index (κ3) is 3.20. The lowest BCUT2D eigenvalue weighted by molar-refractivity contribution is 0.171. The third-order valence-electron chi connectivity index (χ3n) is 3.69. The first-order valence-electron chi connectivity index (χ1n) is 7.04. The van der Waals surface area contributed by atoms with Gasteiger partial charge in [-0.3, -0.25) is 4.79 Å². The van der Waals surface area contributed by atoms with Gasteiger partial charge in [-0.25, -0.2) is 5.10 Å². The molecule has 0 aliphatic carbocycles. The Labute approximate surface area is 137 Å². The summed E-state index contributed by atoms with van der Waals surface area (Å²) in [5.74, 6) is 0.707. The molecular weight excluding hydrogens is 325 g/mol. The first kappa shape index (κ1) is 15.2. The standard InChI is InChI=1S/C15H15Cl2N3O2/c16-11-3-1-2-4-13(11)22-10-5-7-20(8-6-10)12-9-18-19-15(21)14(12)17/h1-4,9-10H,5-8H2,(H,19,21). The van der Waals surface area contributed by atoms with Crippen molar-refractivity contribution < 1.29 is 4.74 Å². The number of piperidine rings is 1. The van der Waals surface area contributed by atoms with Crippen LogP contribution in [0, 0.1) is 0 Å². The van der Waals surface area contributed by atoms with E-state index in [1.807, 2.05) is 24.3 Å². The molecule has 3 rings (SSSR count). The van der Waals surface area contributed by atoms with Crippen molar-refractivity contribution in [3.05, 3.63) is 50.9 Å². The molecule has 0 amide bonds. The minimum absolute atomic E-state index is 0.102. The van der Waals surface area contributed by atoms with E-state index in [4.69, 9.17) is 27.9 Å². The van der Waals surface area contributed by atoms with Gasteiger partial charge in [-0.05, 0) is 12.1 Å². The molecule has 1 aliphatic rings. The summed E-state index contributed by atoms with van der Waals surface area (Å²) in [5.41, 5.74) is 0.301. The molecule has 22 heavy (non-hydrogen) atoms.